The Balaban J connectivity index is 1.66. The van der Waals surface area contributed by atoms with Crippen LogP contribution in [0.5, 0.6) is 0 Å². The van der Waals surface area contributed by atoms with E-state index in [1.54, 1.807) is 17.8 Å². The minimum atomic E-state index is -1.05. The first-order valence-corrected chi connectivity index (χ1v) is 8.49. The minimum Gasteiger partial charge on any atom is -0.477 e. The molecule has 0 aliphatic carbocycles. The molecule has 0 atom stereocenters. The highest BCUT2D eigenvalue weighted by molar-refractivity contribution is 6.03. The lowest BCUT2D eigenvalue weighted by Gasteiger charge is -2.07. The number of amides is 1. The Labute approximate surface area is 155 Å². The highest BCUT2D eigenvalue weighted by Crippen LogP contribution is 2.26. The van der Waals surface area contributed by atoms with E-state index < -0.39 is 5.97 Å². The zero-order valence-electron chi connectivity index (χ0n) is 14.6. The molecule has 6 heteroatoms. The number of aryl methyl sites for hydroxylation is 1. The van der Waals surface area contributed by atoms with Crippen molar-refractivity contribution in [1.29, 1.82) is 0 Å². The number of nitrogens with zero attached hydrogens (tertiary/aromatic N) is 2. The van der Waals surface area contributed by atoms with Crippen LogP contribution in [0.1, 0.15) is 16.1 Å². The monoisotopic (exact) mass is 359 g/mol. The van der Waals surface area contributed by atoms with Crippen molar-refractivity contribution in [1.82, 2.24) is 9.55 Å². The summed E-state index contributed by atoms with van der Waals surface area (Å²) in [6.07, 6.45) is 1.57. The van der Waals surface area contributed by atoms with E-state index in [2.05, 4.69) is 10.3 Å². The number of hydrogen-bond donors (Lipinski definition) is 2. The normalized spacial score (nSPS) is 11.0. The average molecular weight is 359 g/mol. The van der Waals surface area contributed by atoms with Crippen LogP contribution < -0.4 is 5.32 Å². The van der Waals surface area contributed by atoms with Gasteiger partial charge >= 0.3 is 5.97 Å². The molecule has 0 saturated heterocycles. The van der Waals surface area contributed by atoms with E-state index in [0.29, 0.717) is 11.3 Å². The summed E-state index contributed by atoms with van der Waals surface area (Å²) in [5.74, 6) is -1.34. The fourth-order valence-corrected chi connectivity index (χ4v) is 3.43. The molecule has 4 aromatic rings. The fraction of sp³-hybridized carbons (Fsp3) is 0.0952. The molecular weight excluding hydrogens is 342 g/mol. The standard InChI is InChI=1S/C21H17N3O3/c1-24-18-9-5-3-7-15(18)16(20(24)21(26)27)11-19(25)23-14-10-13-6-2-4-8-17(13)22-12-14/h2-10,12H,11H2,1H3,(H,23,25)(H,26,27). The van der Waals surface area contributed by atoms with E-state index in [9.17, 15) is 14.7 Å². The summed E-state index contributed by atoms with van der Waals surface area (Å²) >= 11 is 0. The average Bonchev–Trinajstić information content (AvgIpc) is 2.94. The van der Waals surface area contributed by atoms with Gasteiger partial charge in [-0.2, -0.15) is 0 Å². The van der Waals surface area contributed by atoms with E-state index in [1.807, 2.05) is 54.6 Å². The van der Waals surface area contributed by atoms with E-state index in [0.717, 1.165) is 21.8 Å². The Morgan fingerprint density at radius 1 is 1.11 bits per heavy atom. The predicted octanol–water partition coefficient (Wildman–Crippen LogP) is 3.61. The first kappa shape index (κ1) is 16.8. The zero-order chi connectivity index (χ0) is 19.0. The summed E-state index contributed by atoms with van der Waals surface area (Å²) in [4.78, 5) is 28.7. The molecule has 2 heterocycles. The molecule has 4 rings (SSSR count). The topological polar surface area (TPSA) is 84.2 Å². The van der Waals surface area contributed by atoms with Crippen LogP contribution in [-0.2, 0) is 18.3 Å². The summed E-state index contributed by atoms with van der Waals surface area (Å²) in [6.45, 7) is 0. The molecule has 2 aromatic carbocycles. The molecule has 0 spiro atoms. The van der Waals surface area contributed by atoms with Gasteiger partial charge in [-0.3, -0.25) is 9.78 Å². The smallest absolute Gasteiger partial charge is 0.352 e. The predicted molar refractivity (Wildman–Crippen MR) is 104 cm³/mol. The number of carbonyl (C=O) groups is 2. The summed E-state index contributed by atoms with van der Waals surface area (Å²) in [5.41, 5.74) is 2.84. The van der Waals surface area contributed by atoms with Gasteiger partial charge in [-0.1, -0.05) is 36.4 Å². The van der Waals surface area contributed by atoms with Crippen molar-refractivity contribution in [2.75, 3.05) is 5.32 Å². The highest BCUT2D eigenvalue weighted by Gasteiger charge is 2.22. The summed E-state index contributed by atoms with van der Waals surface area (Å²) in [6, 6.07) is 16.8. The van der Waals surface area contributed by atoms with E-state index >= 15 is 0 Å². The van der Waals surface area contributed by atoms with Gasteiger partial charge < -0.3 is 15.0 Å². The number of hydrogen-bond acceptors (Lipinski definition) is 3. The summed E-state index contributed by atoms with van der Waals surface area (Å²) < 4.78 is 1.61. The molecule has 1 amide bonds. The van der Waals surface area contributed by atoms with Crippen LogP contribution in [0.4, 0.5) is 5.69 Å². The van der Waals surface area contributed by atoms with Crippen LogP contribution in [0.25, 0.3) is 21.8 Å². The number of carboxylic acid groups (broad SMARTS) is 1. The molecular formula is C21H17N3O3. The largest absolute Gasteiger partial charge is 0.477 e. The zero-order valence-corrected chi connectivity index (χ0v) is 14.6. The molecule has 0 aliphatic rings. The van der Waals surface area contributed by atoms with Crippen LogP contribution >= 0.6 is 0 Å². The third-order valence-corrected chi connectivity index (χ3v) is 4.63. The molecule has 0 fully saturated rings. The number of rotatable bonds is 4. The van der Waals surface area contributed by atoms with Gasteiger partial charge in [0.2, 0.25) is 5.91 Å². The molecule has 2 aromatic heterocycles. The van der Waals surface area contributed by atoms with Crippen LogP contribution in [-0.4, -0.2) is 26.5 Å². The second-order valence-corrected chi connectivity index (χ2v) is 6.35. The Morgan fingerprint density at radius 3 is 2.67 bits per heavy atom. The van der Waals surface area contributed by atoms with Gasteiger partial charge in [0.15, 0.2) is 0 Å². The lowest BCUT2D eigenvalue weighted by Crippen LogP contribution is -2.17. The van der Waals surface area contributed by atoms with Gasteiger partial charge in [-0.15, -0.1) is 0 Å². The van der Waals surface area contributed by atoms with Crippen molar-refractivity contribution in [3.63, 3.8) is 0 Å². The maximum atomic E-state index is 12.6. The van der Waals surface area contributed by atoms with Gasteiger partial charge in [-0.25, -0.2) is 4.79 Å². The molecule has 0 radical (unpaired) electrons. The number of pyridine rings is 1. The van der Waals surface area contributed by atoms with Crippen LogP contribution in [0.3, 0.4) is 0 Å². The van der Waals surface area contributed by atoms with Crippen LogP contribution in [0, 0.1) is 0 Å². The second kappa shape index (κ2) is 6.57. The molecule has 134 valence electrons. The third kappa shape index (κ3) is 3.01. The number of carbonyl (C=O) groups excluding carboxylic acids is 1. The van der Waals surface area contributed by atoms with Crippen LogP contribution in [0.15, 0.2) is 60.8 Å². The van der Waals surface area contributed by atoms with Gasteiger partial charge in [-0.05, 0) is 18.2 Å². The van der Waals surface area contributed by atoms with Crippen molar-refractivity contribution in [2.24, 2.45) is 7.05 Å². The molecule has 2 N–H and O–H groups in total. The van der Waals surface area contributed by atoms with Crippen molar-refractivity contribution in [3.05, 3.63) is 72.1 Å². The number of carboxylic acids is 1. The molecule has 0 aliphatic heterocycles. The third-order valence-electron chi connectivity index (χ3n) is 4.63. The number of anilines is 1. The Morgan fingerprint density at radius 2 is 1.85 bits per heavy atom. The van der Waals surface area contributed by atoms with Gasteiger partial charge in [0.25, 0.3) is 0 Å². The van der Waals surface area contributed by atoms with Crippen molar-refractivity contribution in [2.45, 2.75) is 6.42 Å². The SMILES string of the molecule is Cn1c(C(=O)O)c(CC(=O)Nc2cnc3ccccc3c2)c2ccccc21. The summed E-state index contributed by atoms with van der Waals surface area (Å²) in [5, 5.41) is 14.1. The van der Waals surface area contributed by atoms with Crippen LogP contribution in [0.2, 0.25) is 0 Å². The number of para-hydroxylation sites is 2. The van der Waals surface area contributed by atoms with Gasteiger partial charge in [0.1, 0.15) is 5.69 Å². The van der Waals surface area contributed by atoms with Gasteiger partial charge in [0.05, 0.1) is 23.8 Å². The minimum absolute atomic E-state index is 0.0319. The first-order valence-electron chi connectivity index (χ1n) is 8.49. The molecule has 0 unspecified atom stereocenters. The van der Waals surface area contributed by atoms with Crippen molar-refractivity contribution >= 4 is 39.4 Å². The lowest BCUT2D eigenvalue weighted by molar-refractivity contribution is -0.115. The molecule has 0 saturated carbocycles. The highest BCUT2D eigenvalue weighted by atomic mass is 16.4. The lowest BCUT2D eigenvalue weighted by atomic mass is 10.1. The number of aromatic carboxylic acids is 1. The summed E-state index contributed by atoms with van der Waals surface area (Å²) in [7, 11) is 1.69. The molecule has 27 heavy (non-hydrogen) atoms. The van der Waals surface area contributed by atoms with E-state index in [1.165, 1.54) is 0 Å². The van der Waals surface area contributed by atoms with Gasteiger partial charge in [0, 0.05) is 28.9 Å². The Hall–Kier alpha value is -3.67. The maximum absolute atomic E-state index is 12.6. The Bertz CT molecular complexity index is 1190. The maximum Gasteiger partial charge on any atom is 0.352 e. The number of benzene rings is 2. The van der Waals surface area contributed by atoms with E-state index in [-0.39, 0.29) is 18.0 Å². The quantitative estimate of drug-likeness (QED) is 0.583. The first-order chi connectivity index (χ1) is 13.0. The Kier molecular flexibility index (Phi) is 4.08. The number of fused-ring (bicyclic) bond motifs is 2. The molecule has 6 nitrogen and oxygen atoms in total. The molecule has 0 bridgehead atoms. The van der Waals surface area contributed by atoms with E-state index in [4.69, 9.17) is 0 Å². The number of nitrogens with one attached hydrogen (secondary N) is 1. The van der Waals surface area contributed by atoms with Crippen molar-refractivity contribution < 1.29 is 14.7 Å². The van der Waals surface area contributed by atoms with Crippen molar-refractivity contribution in [3.8, 4) is 0 Å². The second-order valence-electron chi connectivity index (χ2n) is 6.35. The fourth-order valence-electron chi connectivity index (χ4n) is 3.43. The number of aromatic nitrogens is 2.